The van der Waals surface area contributed by atoms with E-state index in [4.69, 9.17) is 0 Å². The van der Waals surface area contributed by atoms with Crippen molar-refractivity contribution >= 4 is 17.3 Å². The zero-order valence-electron chi connectivity index (χ0n) is 14.7. The van der Waals surface area contributed by atoms with Gasteiger partial charge in [0.2, 0.25) is 5.91 Å². The van der Waals surface area contributed by atoms with E-state index in [0.717, 1.165) is 31.5 Å². The Morgan fingerprint density at radius 3 is 2.52 bits per heavy atom. The Hall–Kier alpha value is -2.36. The van der Waals surface area contributed by atoms with Gasteiger partial charge in [0.15, 0.2) is 0 Å². The van der Waals surface area contributed by atoms with Gasteiger partial charge in [-0.3, -0.25) is 14.9 Å². The molecule has 1 amide bonds. The fourth-order valence-corrected chi connectivity index (χ4v) is 3.58. The lowest BCUT2D eigenvalue weighted by Gasteiger charge is -2.36. The number of anilines is 1. The van der Waals surface area contributed by atoms with Crippen molar-refractivity contribution in [2.24, 2.45) is 0 Å². The summed E-state index contributed by atoms with van der Waals surface area (Å²) in [5, 5.41) is 14.5. The van der Waals surface area contributed by atoms with Crippen LogP contribution in [-0.4, -0.2) is 54.5 Å². The minimum atomic E-state index is -4.64. The third-order valence-corrected chi connectivity index (χ3v) is 5.06. The molecule has 10 heteroatoms. The number of nitro groups is 1. The number of carbonyl (C=O) groups excluding carboxylic acids is 1. The van der Waals surface area contributed by atoms with E-state index >= 15 is 0 Å². The average molecular weight is 386 g/mol. The van der Waals surface area contributed by atoms with E-state index in [1.807, 2.05) is 0 Å². The highest BCUT2D eigenvalue weighted by Gasteiger charge is 2.34. The van der Waals surface area contributed by atoms with Crippen molar-refractivity contribution in [1.82, 2.24) is 10.2 Å². The molecule has 1 unspecified atom stereocenters. The summed E-state index contributed by atoms with van der Waals surface area (Å²) in [7, 11) is 0. The van der Waals surface area contributed by atoms with Gasteiger partial charge in [-0.15, -0.1) is 0 Å². The second-order valence-corrected chi connectivity index (χ2v) is 6.82. The first-order valence-electron chi connectivity index (χ1n) is 8.87. The summed E-state index contributed by atoms with van der Waals surface area (Å²) in [5.74, 6) is 0.0379. The molecule has 0 aliphatic carbocycles. The van der Waals surface area contributed by atoms with E-state index in [1.54, 1.807) is 9.80 Å². The van der Waals surface area contributed by atoms with Gasteiger partial charge < -0.3 is 15.1 Å². The Kier molecular flexibility index (Phi) is 5.54. The van der Waals surface area contributed by atoms with Gasteiger partial charge in [-0.25, -0.2) is 0 Å². The summed E-state index contributed by atoms with van der Waals surface area (Å²) in [4.78, 5) is 26.2. The standard InChI is InChI=1S/C17H21F3N4O3/c18-17(19,20)12-3-4-14(15(10-12)24(26)27)22-6-8-23(9-7-22)16(25)11-13-2-1-5-21-13/h3-4,10,13,21H,1-2,5-9,11H2. The van der Waals surface area contributed by atoms with Gasteiger partial charge in [-0.1, -0.05) is 0 Å². The fourth-order valence-electron chi connectivity index (χ4n) is 3.58. The van der Waals surface area contributed by atoms with Crippen LogP contribution in [0.2, 0.25) is 0 Å². The first kappa shape index (κ1) is 19.4. The summed E-state index contributed by atoms with van der Waals surface area (Å²) in [6.45, 7) is 2.39. The molecular formula is C17H21F3N4O3. The number of hydrogen-bond donors (Lipinski definition) is 1. The average Bonchev–Trinajstić information content (AvgIpc) is 3.13. The summed E-state index contributed by atoms with van der Waals surface area (Å²) >= 11 is 0. The maximum atomic E-state index is 12.8. The number of nitro benzene ring substituents is 1. The third-order valence-electron chi connectivity index (χ3n) is 5.06. The van der Waals surface area contributed by atoms with Gasteiger partial charge in [0, 0.05) is 44.7 Å². The molecular weight excluding hydrogens is 365 g/mol. The predicted octanol–water partition coefficient (Wildman–Crippen LogP) is 2.40. The maximum absolute atomic E-state index is 12.8. The number of nitrogens with one attached hydrogen (secondary N) is 1. The van der Waals surface area contributed by atoms with Crippen LogP contribution in [0.1, 0.15) is 24.8 Å². The van der Waals surface area contributed by atoms with Gasteiger partial charge >= 0.3 is 6.18 Å². The molecule has 0 aromatic heterocycles. The number of amides is 1. The van der Waals surface area contributed by atoms with Crippen LogP contribution in [0.4, 0.5) is 24.5 Å². The molecule has 1 N–H and O–H groups in total. The molecule has 148 valence electrons. The summed E-state index contributed by atoms with van der Waals surface area (Å²) in [6.07, 6.45) is -2.17. The van der Waals surface area contributed by atoms with E-state index in [1.165, 1.54) is 0 Å². The molecule has 0 saturated carbocycles. The molecule has 1 atom stereocenters. The van der Waals surface area contributed by atoms with Gasteiger partial charge in [0.25, 0.3) is 5.69 Å². The summed E-state index contributed by atoms with van der Waals surface area (Å²) in [5.41, 5.74) is -1.46. The number of hydrogen-bond acceptors (Lipinski definition) is 5. The number of carbonyl (C=O) groups is 1. The first-order chi connectivity index (χ1) is 12.8. The largest absolute Gasteiger partial charge is 0.416 e. The van der Waals surface area contributed by atoms with E-state index in [2.05, 4.69) is 5.32 Å². The molecule has 0 bridgehead atoms. The van der Waals surface area contributed by atoms with E-state index in [9.17, 15) is 28.1 Å². The van der Waals surface area contributed by atoms with Crippen molar-refractivity contribution in [3.63, 3.8) is 0 Å². The summed E-state index contributed by atoms with van der Waals surface area (Å²) < 4.78 is 38.5. The molecule has 2 aliphatic rings. The topological polar surface area (TPSA) is 78.7 Å². The molecule has 0 spiro atoms. The molecule has 3 rings (SSSR count). The quantitative estimate of drug-likeness (QED) is 0.635. The van der Waals surface area contributed by atoms with E-state index in [-0.39, 0.29) is 17.6 Å². The predicted molar refractivity (Wildman–Crippen MR) is 92.5 cm³/mol. The highest BCUT2D eigenvalue weighted by molar-refractivity contribution is 5.77. The SMILES string of the molecule is O=C(CC1CCCN1)N1CCN(c2ccc(C(F)(F)F)cc2[N+](=O)[O-])CC1. The lowest BCUT2D eigenvalue weighted by Crippen LogP contribution is -2.49. The first-order valence-corrected chi connectivity index (χ1v) is 8.87. The van der Waals surface area contributed by atoms with Crippen molar-refractivity contribution in [3.8, 4) is 0 Å². The monoisotopic (exact) mass is 386 g/mol. The van der Waals surface area contributed by atoms with Crippen molar-refractivity contribution in [2.75, 3.05) is 37.6 Å². The molecule has 2 fully saturated rings. The van der Waals surface area contributed by atoms with Crippen LogP contribution >= 0.6 is 0 Å². The molecule has 7 nitrogen and oxygen atoms in total. The normalized spacial score (nSPS) is 20.8. The van der Waals surface area contributed by atoms with Crippen LogP contribution in [0.3, 0.4) is 0 Å². The van der Waals surface area contributed by atoms with Crippen LogP contribution in [0.15, 0.2) is 18.2 Å². The Balaban J connectivity index is 1.66. The molecule has 2 saturated heterocycles. The second kappa shape index (κ2) is 7.71. The Labute approximate surface area is 154 Å². The Bertz CT molecular complexity index is 712. The summed E-state index contributed by atoms with van der Waals surface area (Å²) in [6, 6.07) is 2.76. The third kappa shape index (κ3) is 4.49. The molecule has 1 aromatic rings. The zero-order chi connectivity index (χ0) is 19.6. The van der Waals surface area contributed by atoms with Crippen LogP contribution in [0.25, 0.3) is 0 Å². The molecule has 2 aliphatic heterocycles. The van der Waals surface area contributed by atoms with Gasteiger partial charge in [-0.2, -0.15) is 13.2 Å². The molecule has 2 heterocycles. The van der Waals surface area contributed by atoms with Crippen LogP contribution < -0.4 is 10.2 Å². The number of rotatable bonds is 4. The molecule has 27 heavy (non-hydrogen) atoms. The number of halogens is 3. The lowest BCUT2D eigenvalue weighted by molar-refractivity contribution is -0.384. The number of alkyl halides is 3. The van der Waals surface area contributed by atoms with Gasteiger partial charge in [0.1, 0.15) is 5.69 Å². The van der Waals surface area contributed by atoms with Gasteiger partial charge in [0.05, 0.1) is 10.5 Å². The van der Waals surface area contributed by atoms with Gasteiger partial charge in [-0.05, 0) is 31.5 Å². The highest BCUT2D eigenvalue weighted by atomic mass is 19.4. The molecule has 1 aromatic carbocycles. The van der Waals surface area contributed by atoms with Crippen molar-refractivity contribution in [1.29, 1.82) is 0 Å². The van der Waals surface area contributed by atoms with Crippen molar-refractivity contribution in [3.05, 3.63) is 33.9 Å². The van der Waals surface area contributed by atoms with Crippen LogP contribution in [0, 0.1) is 10.1 Å². The van der Waals surface area contributed by atoms with Crippen molar-refractivity contribution < 1.29 is 22.9 Å². The second-order valence-electron chi connectivity index (χ2n) is 6.82. The number of nitrogens with zero attached hydrogens (tertiary/aromatic N) is 3. The minimum absolute atomic E-state index is 0.0379. The highest BCUT2D eigenvalue weighted by Crippen LogP contribution is 2.36. The van der Waals surface area contributed by atoms with E-state index < -0.39 is 22.4 Å². The number of piperazine rings is 1. The van der Waals surface area contributed by atoms with Crippen LogP contribution in [0.5, 0.6) is 0 Å². The molecule has 0 radical (unpaired) electrons. The fraction of sp³-hybridized carbons (Fsp3) is 0.588. The minimum Gasteiger partial charge on any atom is -0.362 e. The smallest absolute Gasteiger partial charge is 0.362 e. The van der Waals surface area contributed by atoms with E-state index in [0.29, 0.717) is 38.7 Å². The Morgan fingerprint density at radius 2 is 1.96 bits per heavy atom. The van der Waals surface area contributed by atoms with Crippen LogP contribution in [-0.2, 0) is 11.0 Å². The zero-order valence-corrected chi connectivity index (χ0v) is 14.7. The van der Waals surface area contributed by atoms with Crippen molar-refractivity contribution in [2.45, 2.75) is 31.5 Å². The Morgan fingerprint density at radius 1 is 1.26 bits per heavy atom. The maximum Gasteiger partial charge on any atom is 0.416 e. The lowest BCUT2D eigenvalue weighted by atomic mass is 10.1. The number of benzene rings is 1.